The maximum Gasteiger partial charge on any atom is 0.418 e. The number of rotatable bonds is 6. The fourth-order valence-electron chi connectivity index (χ4n) is 1.75. The van der Waals surface area contributed by atoms with E-state index in [4.69, 9.17) is 5.11 Å². The fraction of sp³-hybridized carbons (Fsp3) is 0.462. The molecule has 0 amide bonds. The Morgan fingerprint density at radius 3 is 2.53 bits per heavy atom. The molecule has 2 N–H and O–H groups in total. The maximum atomic E-state index is 12.7. The van der Waals surface area contributed by atoms with Gasteiger partial charge in [-0.2, -0.15) is 13.2 Å². The summed E-state index contributed by atoms with van der Waals surface area (Å²) in [6.07, 6.45) is -3.89. The van der Waals surface area contributed by atoms with Crippen LogP contribution in [0.15, 0.2) is 24.3 Å². The molecule has 1 aromatic carbocycles. The molecule has 1 rings (SSSR count). The van der Waals surface area contributed by atoms with Gasteiger partial charge < -0.3 is 10.4 Å². The van der Waals surface area contributed by atoms with Gasteiger partial charge in [-0.1, -0.05) is 25.5 Å². The number of halogens is 3. The van der Waals surface area contributed by atoms with Crippen LogP contribution in [0.2, 0.25) is 0 Å². The molecule has 0 spiro atoms. The number of para-hydroxylation sites is 1. The number of hydrogen-bond acceptors (Lipinski definition) is 2. The molecule has 0 heterocycles. The summed E-state index contributed by atoms with van der Waals surface area (Å²) < 4.78 is 38.2. The molecule has 1 aromatic rings. The van der Waals surface area contributed by atoms with Crippen molar-refractivity contribution in [3.63, 3.8) is 0 Å². The Morgan fingerprint density at radius 2 is 2.00 bits per heavy atom. The third-order valence-electron chi connectivity index (χ3n) is 2.85. The number of aliphatic carboxylic acids is 1. The summed E-state index contributed by atoms with van der Waals surface area (Å²) in [7, 11) is 0. The van der Waals surface area contributed by atoms with E-state index in [1.165, 1.54) is 18.2 Å². The van der Waals surface area contributed by atoms with Crippen LogP contribution in [0.5, 0.6) is 0 Å². The first-order valence-corrected chi connectivity index (χ1v) is 5.96. The van der Waals surface area contributed by atoms with Gasteiger partial charge in [0.05, 0.1) is 5.56 Å². The molecule has 6 heteroatoms. The number of benzene rings is 1. The van der Waals surface area contributed by atoms with E-state index < -0.39 is 17.7 Å². The van der Waals surface area contributed by atoms with Crippen molar-refractivity contribution in [3.05, 3.63) is 29.8 Å². The third kappa shape index (κ3) is 4.81. The van der Waals surface area contributed by atoms with E-state index in [1.807, 2.05) is 6.92 Å². The predicted octanol–water partition coefficient (Wildman–Crippen LogP) is 3.62. The maximum absolute atomic E-state index is 12.7. The van der Waals surface area contributed by atoms with Crippen LogP contribution in [0.25, 0.3) is 0 Å². The van der Waals surface area contributed by atoms with E-state index in [2.05, 4.69) is 5.32 Å². The van der Waals surface area contributed by atoms with Gasteiger partial charge in [-0.15, -0.1) is 0 Å². The standard InChI is InChI=1S/C13H16F3NO2/c1-2-9(7-12(18)19)8-17-11-6-4-3-5-10(11)13(14,15)16/h3-6,9,17H,2,7-8H2,1H3,(H,18,19). The van der Waals surface area contributed by atoms with Gasteiger partial charge in [-0.25, -0.2) is 0 Å². The SMILES string of the molecule is CCC(CNc1ccccc1C(F)(F)F)CC(=O)O. The van der Waals surface area contributed by atoms with E-state index in [-0.39, 0.29) is 24.6 Å². The van der Waals surface area contributed by atoms with E-state index >= 15 is 0 Å². The Balaban J connectivity index is 2.74. The van der Waals surface area contributed by atoms with E-state index in [9.17, 15) is 18.0 Å². The van der Waals surface area contributed by atoms with Gasteiger partial charge in [-0.3, -0.25) is 4.79 Å². The summed E-state index contributed by atoms with van der Waals surface area (Å²) in [4.78, 5) is 10.6. The van der Waals surface area contributed by atoms with Crippen molar-refractivity contribution in [1.82, 2.24) is 0 Å². The lowest BCUT2D eigenvalue weighted by molar-refractivity contribution is -0.138. The molecule has 19 heavy (non-hydrogen) atoms. The highest BCUT2D eigenvalue weighted by atomic mass is 19.4. The predicted molar refractivity (Wildman–Crippen MR) is 66.0 cm³/mol. The van der Waals surface area contributed by atoms with E-state index in [0.29, 0.717) is 6.42 Å². The minimum atomic E-state index is -4.42. The minimum absolute atomic E-state index is 0.0150. The Bertz CT molecular complexity index is 432. The molecule has 1 unspecified atom stereocenters. The Hall–Kier alpha value is -1.72. The zero-order valence-electron chi connectivity index (χ0n) is 10.5. The van der Waals surface area contributed by atoms with Crippen LogP contribution in [0.3, 0.4) is 0 Å². The van der Waals surface area contributed by atoms with Crippen molar-refractivity contribution in [2.75, 3.05) is 11.9 Å². The van der Waals surface area contributed by atoms with Crippen LogP contribution < -0.4 is 5.32 Å². The summed E-state index contributed by atoms with van der Waals surface area (Å²) in [5.41, 5.74) is -0.751. The molecule has 0 fully saturated rings. The molecule has 0 saturated heterocycles. The largest absolute Gasteiger partial charge is 0.481 e. The van der Waals surface area contributed by atoms with Gasteiger partial charge in [0.1, 0.15) is 0 Å². The van der Waals surface area contributed by atoms with E-state index in [1.54, 1.807) is 0 Å². The number of alkyl halides is 3. The van der Waals surface area contributed by atoms with Crippen molar-refractivity contribution in [2.24, 2.45) is 5.92 Å². The highest BCUT2D eigenvalue weighted by molar-refractivity contribution is 5.67. The first-order chi connectivity index (χ1) is 8.84. The summed E-state index contributed by atoms with van der Waals surface area (Å²) in [5, 5.41) is 11.4. The molecule has 0 saturated carbocycles. The van der Waals surface area contributed by atoms with Gasteiger partial charge in [0, 0.05) is 18.7 Å². The normalized spacial score (nSPS) is 13.1. The molecule has 0 radical (unpaired) electrons. The zero-order valence-corrected chi connectivity index (χ0v) is 10.5. The van der Waals surface area contributed by atoms with Crippen LogP contribution >= 0.6 is 0 Å². The van der Waals surface area contributed by atoms with Crippen LogP contribution in [-0.2, 0) is 11.0 Å². The quantitative estimate of drug-likeness (QED) is 0.833. The molecule has 106 valence electrons. The van der Waals surface area contributed by atoms with Gasteiger partial charge in [0.25, 0.3) is 0 Å². The summed E-state index contributed by atoms with van der Waals surface area (Å²) in [6, 6.07) is 5.18. The monoisotopic (exact) mass is 275 g/mol. The van der Waals surface area contributed by atoms with Crippen LogP contribution in [-0.4, -0.2) is 17.6 Å². The number of carboxylic acids is 1. The smallest absolute Gasteiger partial charge is 0.418 e. The van der Waals surface area contributed by atoms with Crippen LogP contribution in [0, 0.1) is 5.92 Å². The number of carboxylic acid groups (broad SMARTS) is 1. The number of anilines is 1. The summed E-state index contributed by atoms with van der Waals surface area (Å²) in [5.74, 6) is -1.14. The highest BCUT2D eigenvalue weighted by Gasteiger charge is 2.33. The first-order valence-electron chi connectivity index (χ1n) is 5.96. The molecule has 0 aliphatic carbocycles. The average Bonchev–Trinajstić information content (AvgIpc) is 2.33. The highest BCUT2D eigenvalue weighted by Crippen LogP contribution is 2.34. The number of nitrogens with one attached hydrogen (secondary N) is 1. The first kappa shape index (κ1) is 15.3. The van der Waals surface area contributed by atoms with Crippen LogP contribution in [0.4, 0.5) is 18.9 Å². The lowest BCUT2D eigenvalue weighted by Gasteiger charge is -2.18. The Kier molecular flexibility index (Phi) is 5.20. The molecule has 0 aliphatic heterocycles. The van der Waals surface area contributed by atoms with Gasteiger partial charge in [0.15, 0.2) is 0 Å². The summed E-state index contributed by atoms with van der Waals surface area (Å²) in [6.45, 7) is 2.01. The zero-order chi connectivity index (χ0) is 14.5. The van der Waals surface area contributed by atoms with Crippen LogP contribution in [0.1, 0.15) is 25.3 Å². The molecule has 1 atom stereocenters. The second-order valence-corrected chi connectivity index (χ2v) is 4.30. The van der Waals surface area contributed by atoms with Crippen molar-refractivity contribution in [2.45, 2.75) is 25.9 Å². The number of hydrogen-bond donors (Lipinski definition) is 2. The van der Waals surface area contributed by atoms with Crippen molar-refractivity contribution < 1.29 is 23.1 Å². The fourth-order valence-corrected chi connectivity index (χ4v) is 1.75. The molecule has 3 nitrogen and oxygen atoms in total. The molecular weight excluding hydrogens is 259 g/mol. The van der Waals surface area contributed by atoms with Crippen molar-refractivity contribution >= 4 is 11.7 Å². The average molecular weight is 275 g/mol. The molecular formula is C13H16F3NO2. The molecule has 0 bridgehead atoms. The second-order valence-electron chi connectivity index (χ2n) is 4.30. The van der Waals surface area contributed by atoms with Gasteiger partial charge in [-0.05, 0) is 18.1 Å². The minimum Gasteiger partial charge on any atom is -0.481 e. The topological polar surface area (TPSA) is 49.3 Å². The van der Waals surface area contributed by atoms with Gasteiger partial charge in [0.2, 0.25) is 0 Å². The lowest BCUT2D eigenvalue weighted by atomic mass is 10.0. The Morgan fingerprint density at radius 1 is 1.37 bits per heavy atom. The van der Waals surface area contributed by atoms with E-state index in [0.717, 1.165) is 6.07 Å². The van der Waals surface area contributed by atoms with Gasteiger partial charge >= 0.3 is 12.1 Å². The molecule has 0 aliphatic rings. The lowest BCUT2D eigenvalue weighted by Crippen LogP contribution is -2.19. The summed E-state index contributed by atoms with van der Waals surface area (Å²) >= 11 is 0. The number of carbonyl (C=O) groups is 1. The second kappa shape index (κ2) is 6.45. The van der Waals surface area contributed by atoms with Crippen molar-refractivity contribution in [1.29, 1.82) is 0 Å². The molecule has 0 aromatic heterocycles. The Labute approximate surface area is 109 Å². The van der Waals surface area contributed by atoms with Crippen molar-refractivity contribution in [3.8, 4) is 0 Å². The third-order valence-corrected chi connectivity index (χ3v) is 2.85.